The molecule has 140 valence electrons. The number of nitrogens with one attached hydrogen (secondary N) is 1. The number of methoxy groups -OCH3 is 1. The van der Waals surface area contributed by atoms with Gasteiger partial charge in [0.1, 0.15) is 12.3 Å². The van der Waals surface area contributed by atoms with E-state index < -0.39 is 10.0 Å². The van der Waals surface area contributed by atoms with E-state index in [0.29, 0.717) is 29.5 Å². The predicted octanol–water partition coefficient (Wildman–Crippen LogP) is -0.138. The molecule has 7 nitrogen and oxygen atoms in total. The molecule has 0 aliphatic carbocycles. The molecule has 0 aromatic heterocycles. The molecule has 1 aromatic carbocycles. The van der Waals surface area contributed by atoms with Crippen molar-refractivity contribution in [2.24, 2.45) is 0 Å². The van der Waals surface area contributed by atoms with Gasteiger partial charge < -0.3 is 14.5 Å². The lowest BCUT2D eigenvalue weighted by Crippen LogP contribution is -3.14. The summed E-state index contributed by atoms with van der Waals surface area (Å²) in [5, 5.41) is 0.293. The molecule has 0 bridgehead atoms. The Hall–Kier alpha value is -1.51. The number of hydrogen-bond acceptors (Lipinski definition) is 4. The highest BCUT2D eigenvalue weighted by Gasteiger charge is 2.27. The number of hydrogen-bond donors (Lipinski definition) is 1. The van der Waals surface area contributed by atoms with E-state index in [-0.39, 0.29) is 12.5 Å². The monoisotopic (exact) mass is 390 g/mol. The van der Waals surface area contributed by atoms with Crippen LogP contribution in [0.25, 0.3) is 0 Å². The van der Waals surface area contributed by atoms with Gasteiger partial charge in [-0.15, -0.1) is 0 Å². The van der Waals surface area contributed by atoms with Crippen LogP contribution in [-0.4, -0.2) is 71.9 Å². The fourth-order valence-electron chi connectivity index (χ4n) is 2.86. The number of piperazine rings is 1. The van der Waals surface area contributed by atoms with Crippen LogP contribution in [0, 0.1) is 0 Å². The maximum atomic E-state index is 12.6. The smallest absolute Gasteiger partial charge is 0.243 e. The topological polar surface area (TPSA) is 71.4 Å². The van der Waals surface area contributed by atoms with Crippen LogP contribution in [0.5, 0.6) is 5.75 Å². The lowest BCUT2D eigenvalue weighted by Gasteiger charge is -2.33. The Morgan fingerprint density at radius 3 is 2.48 bits per heavy atom. The zero-order valence-corrected chi connectivity index (χ0v) is 16.4. The normalized spacial score (nSPS) is 15.9. The highest BCUT2D eigenvalue weighted by Crippen LogP contribution is 2.30. The Kier molecular flexibility index (Phi) is 6.53. The van der Waals surface area contributed by atoms with E-state index in [4.69, 9.17) is 16.3 Å². The Balaban J connectivity index is 2.16. The summed E-state index contributed by atoms with van der Waals surface area (Å²) >= 11 is 6.10. The van der Waals surface area contributed by atoms with Gasteiger partial charge in [-0.3, -0.25) is 9.10 Å². The maximum absolute atomic E-state index is 12.6. The summed E-state index contributed by atoms with van der Waals surface area (Å²) in [6.07, 6.45) is 1.08. The van der Waals surface area contributed by atoms with Crippen LogP contribution < -0.4 is 13.9 Å². The molecule has 0 atom stereocenters. The minimum absolute atomic E-state index is 0.201. The Morgan fingerprint density at radius 1 is 1.36 bits per heavy atom. The molecule has 0 spiro atoms. The number of nitrogens with zero attached hydrogens (tertiary/aromatic N) is 2. The first-order valence-corrected chi connectivity index (χ1v) is 10.4. The predicted molar refractivity (Wildman–Crippen MR) is 98.0 cm³/mol. The number of anilines is 1. The molecule has 0 radical (unpaired) electrons. The van der Waals surface area contributed by atoms with Gasteiger partial charge in [-0.05, 0) is 25.1 Å². The minimum Gasteiger partial charge on any atom is -0.495 e. The van der Waals surface area contributed by atoms with Crippen LogP contribution in [0.1, 0.15) is 6.92 Å². The number of ether oxygens (including phenoxy) is 1. The average molecular weight is 391 g/mol. The van der Waals surface area contributed by atoms with Crippen LogP contribution in [-0.2, 0) is 14.8 Å². The third-order valence-corrected chi connectivity index (χ3v) is 5.86. The third kappa shape index (κ3) is 4.99. The van der Waals surface area contributed by atoms with Crippen molar-refractivity contribution < 1.29 is 22.8 Å². The number of halogens is 1. The quantitative estimate of drug-likeness (QED) is 0.734. The number of quaternary nitrogens is 1. The first-order valence-electron chi connectivity index (χ1n) is 8.18. The van der Waals surface area contributed by atoms with Crippen molar-refractivity contribution in [3.05, 3.63) is 23.2 Å². The van der Waals surface area contributed by atoms with Gasteiger partial charge in [0, 0.05) is 0 Å². The van der Waals surface area contributed by atoms with E-state index in [9.17, 15) is 13.2 Å². The molecule has 9 heteroatoms. The van der Waals surface area contributed by atoms with Gasteiger partial charge in [-0.2, -0.15) is 0 Å². The maximum Gasteiger partial charge on any atom is 0.243 e. The highest BCUT2D eigenvalue weighted by atomic mass is 35.5. The van der Waals surface area contributed by atoms with Crippen LogP contribution in [0.15, 0.2) is 18.2 Å². The molecule has 1 fully saturated rings. The number of carbonyl (C=O) groups is 1. The average Bonchev–Trinajstić information content (AvgIpc) is 2.58. The molecule has 1 aromatic rings. The summed E-state index contributed by atoms with van der Waals surface area (Å²) < 4.78 is 30.5. The molecule has 1 aliphatic heterocycles. The Morgan fingerprint density at radius 2 is 2.00 bits per heavy atom. The molecule has 2 rings (SSSR count). The Bertz CT molecular complexity index is 718. The molecule has 1 N–H and O–H groups in total. The zero-order valence-electron chi connectivity index (χ0n) is 14.8. The number of rotatable bonds is 6. The molecule has 1 amide bonds. The standard InChI is InChI=1S/C16H24ClN3O4S/c1-4-18-7-9-19(10-8-18)16(21)12-20(25(3,22)23)13-5-6-15(24-2)14(17)11-13/h5-6,11H,4,7-10,12H2,1-3H3/p+1. The van der Waals surface area contributed by atoms with E-state index in [1.165, 1.54) is 18.1 Å². The van der Waals surface area contributed by atoms with Crippen molar-refractivity contribution in [3.8, 4) is 5.75 Å². The number of carbonyl (C=O) groups excluding carboxylic acids is 1. The van der Waals surface area contributed by atoms with Crippen LogP contribution in [0.2, 0.25) is 5.02 Å². The summed E-state index contributed by atoms with van der Waals surface area (Å²) in [5.41, 5.74) is 0.347. The van der Waals surface area contributed by atoms with Crippen molar-refractivity contribution >= 4 is 33.2 Å². The second kappa shape index (κ2) is 8.25. The largest absolute Gasteiger partial charge is 0.495 e. The van der Waals surface area contributed by atoms with E-state index in [0.717, 1.165) is 30.2 Å². The van der Waals surface area contributed by atoms with Gasteiger partial charge in [0.2, 0.25) is 15.9 Å². The van der Waals surface area contributed by atoms with Crippen molar-refractivity contribution in [3.63, 3.8) is 0 Å². The van der Waals surface area contributed by atoms with Crippen LogP contribution in [0.4, 0.5) is 5.69 Å². The first-order chi connectivity index (χ1) is 11.8. The van der Waals surface area contributed by atoms with Gasteiger partial charge in [0.15, 0.2) is 0 Å². The summed E-state index contributed by atoms with van der Waals surface area (Å²) in [6, 6.07) is 4.66. The third-order valence-electron chi connectivity index (χ3n) is 4.43. The van der Waals surface area contributed by atoms with Gasteiger partial charge in [-0.25, -0.2) is 8.42 Å². The van der Waals surface area contributed by atoms with Crippen molar-refractivity contribution in [1.29, 1.82) is 0 Å². The fraction of sp³-hybridized carbons (Fsp3) is 0.562. The molecule has 1 aliphatic rings. The van der Waals surface area contributed by atoms with Gasteiger partial charge >= 0.3 is 0 Å². The van der Waals surface area contributed by atoms with Crippen LogP contribution >= 0.6 is 11.6 Å². The van der Waals surface area contributed by atoms with Gasteiger partial charge in [-0.1, -0.05) is 11.6 Å². The van der Waals surface area contributed by atoms with E-state index in [2.05, 4.69) is 6.92 Å². The zero-order chi connectivity index (χ0) is 18.6. The second-order valence-corrected chi connectivity index (χ2v) is 8.39. The molecule has 25 heavy (non-hydrogen) atoms. The Labute approximate surface area is 154 Å². The van der Waals surface area contributed by atoms with E-state index >= 15 is 0 Å². The SMILES string of the molecule is CC[NH+]1CCN(C(=O)CN(c2ccc(OC)c(Cl)c2)S(C)(=O)=O)CC1. The molecule has 0 saturated carbocycles. The molecule has 1 saturated heterocycles. The highest BCUT2D eigenvalue weighted by molar-refractivity contribution is 7.92. The summed E-state index contributed by atoms with van der Waals surface area (Å²) in [5.74, 6) is 0.247. The molecule has 1 heterocycles. The summed E-state index contributed by atoms with van der Waals surface area (Å²) in [7, 11) is -2.14. The van der Waals surface area contributed by atoms with E-state index in [1.54, 1.807) is 17.0 Å². The molecular formula is C16H25ClN3O4S+. The molecule has 0 unspecified atom stereocenters. The van der Waals surface area contributed by atoms with Crippen molar-refractivity contribution in [2.45, 2.75) is 6.92 Å². The number of likely N-dealkylation sites (N-methyl/N-ethyl adjacent to an activating group) is 1. The molecular weight excluding hydrogens is 366 g/mol. The van der Waals surface area contributed by atoms with Crippen molar-refractivity contribution in [1.82, 2.24) is 4.90 Å². The van der Waals surface area contributed by atoms with E-state index in [1.807, 2.05) is 0 Å². The number of benzene rings is 1. The minimum atomic E-state index is -3.62. The second-order valence-electron chi connectivity index (χ2n) is 6.07. The number of amides is 1. The number of sulfonamides is 1. The van der Waals surface area contributed by atoms with Gasteiger partial charge in [0.25, 0.3) is 0 Å². The lowest BCUT2D eigenvalue weighted by atomic mass is 10.3. The fourth-order valence-corrected chi connectivity index (χ4v) is 3.95. The first kappa shape index (κ1) is 19.8. The van der Waals surface area contributed by atoms with Gasteiger partial charge in [0.05, 0.1) is 56.8 Å². The van der Waals surface area contributed by atoms with Crippen molar-refractivity contribution in [2.75, 3.05) is 56.9 Å². The lowest BCUT2D eigenvalue weighted by molar-refractivity contribution is -0.902. The summed E-state index contributed by atoms with van der Waals surface area (Å²) in [6.45, 7) is 5.97. The van der Waals surface area contributed by atoms with Crippen LogP contribution in [0.3, 0.4) is 0 Å². The summed E-state index contributed by atoms with van der Waals surface area (Å²) in [4.78, 5) is 15.8.